The number of rotatable bonds is 6. The Balaban J connectivity index is 3.06. The molecule has 0 bridgehead atoms. The highest BCUT2D eigenvalue weighted by molar-refractivity contribution is 7.89. The van der Waals surface area contributed by atoms with Crippen LogP contribution >= 0.6 is 0 Å². The maximum absolute atomic E-state index is 12.9. The van der Waals surface area contributed by atoms with Crippen molar-refractivity contribution >= 4 is 10.0 Å². The highest BCUT2D eigenvalue weighted by atomic mass is 32.2. The second kappa shape index (κ2) is 6.51. The molecule has 0 spiro atoms. The Morgan fingerprint density at radius 1 is 1.20 bits per heavy atom. The third-order valence-corrected chi connectivity index (χ3v) is 3.95. The van der Waals surface area contributed by atoms with E-state index in [1.165, 1.54) is 0 Å². The zero-order valence-electron chi connectivity index (χ0n) is 10.6. The maximum Gasteiger partial charge on any atom is 0.417 e. The van der Waals surface area contributed by atoms with Gasteiger partial charge in [0.15, 0.2) is 0 Å². The van der Waals surface area contributed by atoms with Crippen LogP contribution in [0.5, 0.6) is 0 Å². The Labute approximate surface area is 114 Å². The Hall–Kier alpha value is -1.19. The molecule has 20 heavy (non-hydrogen) atoms. The van der Waals surface area contributed by atoms with E-state index >= 15 is 0 Å². The summed E-state index contributed by atoms with van der Waals surface area (Å²) in [4.78, 5) is -0.976. The summed E-state index contributed by atoms with van der Waals surface area (Å²) in [6.07, 6.45) is -4.53. The Morgan fingerprint density at radius 2 is 1.85 bits per heavy atom. The predicted molar refractivity (Wildman–Crippen MR) is 65.1 cm³/mol. The molecule has 1 aromatic rings. The fourth-order valence-electron chi connectivity index (χ4n) is 1.51. The van der Waals surface area contributed by atoms with Crippen molar-refractivity contribution < 1.29 is 26.0 Å². The van der Waals surface area contributed by atoms with E-state index in [2.05, 4.69) is 10.0 Å². The van der Waals surface area contributed by atoms with Crippen molar-refractivity contribution in [2.24, 2.45) is 0 Å². The van der Waals surface area contributed by atoms with Gasteiger partial charge in [0.2, 0.25) is 10.0 Å². The summed E-state index contributed by atoms with van der Waals surface area (Å²) < 4.78 is 76.8. The van der Waals surface area contributed by atoms with Gasteiger partial charge >= 0.3 is 6.18 Å². The number of hydrogen-bond acceptors (Lipinski definition) is 3. The molecule has 4 nitrogen and oxygen atoms in total. The molecular formula is C11H14F4N2O2S. The zero-order chi connectivity index (χ0) is 15.4. The monoisotopic (exact) mass is 314 g/mol. The topological polar surface area (TPSA) is 58.2 Å². The quantitative estimate of drug-likeness (QED) is 0.621. The van der Waals surface area contributed by atoms with Crippen LogP contribution in [-0.2, 0) is 16.2 Å². The van der Waals surface area contributed by atoms with Crippen LogP contribution in [0.25, 0.3) is 0 Å². The lowest BCUT2D eigenvalue weighted by Crippen LogP contribution is -2.28. The van der Waals surface area contributed by atoms with Crippen molar-refractivity contribution in [3.63, 3.8) is 0 Å². The summed E-state index contributed by atoms with van der Waals surface area (Å²) in [5.74, 6) is -1.15. The molecule has 1 rings (SSSR count). The summed E-state index contributed by atoms with van der Waals surface area (Å²) in [5.41, 5.74) is -1.52. The highest BCUT2D eigenvalue weighted by Crippen LogP contribution is 2.34. The summed E-state index contributed by atoms with van der Waals surface area (Å²) in [7, 11) is -2.67. The Kier molecular flexibility index (Phi) is 5.49. The molecule has 2 N–H and O–H groups in total. The lowest BCUT2D eigenvalue weighted by Gasteiger charge is -2.14. The number of benzene rings is 1. The van der Waals surface area contributed by atoms with Gasteiger partial charge in [0.25, 0.3) is 0 Å². The first-order valence-electron chi connectivity index (χ1n) is 5.69. The van der Waals surface area contributed by atoms with Crippen LogP contribution in [0.1, 0.15) is 12.0 Å². The van der Waals surface area contributed by atoms with Crippen LogP contribution in [0.3, 0.4) is 0 Å². The van der Waals surface area contributed by atoms with Crippen LogP contribution < -0.4 is 10.0 Å². The van der Waals surface area contributed by atoms with Gasteiger partial charge in [-0.15, -0.1) is 0 Å². The average Bonchev–Trinajstić information content (AvgIpc) is 2.33. The van der Waals surface area contributed by atoms with Crippen molar-refractivity contribution in [2.45, 2.75) is 17.5 Å². The molecular weight excluding hydrogens is 300 g/mol. The van der Waals surface area contributed by atoms with E-state index in [1.54, 1.807) is 7.05 Å². The first kappa shape index (κ1) is 16.9. The van der Waals surface area contributed by atoms with Crippen LogP contribution in [0.4, 0.5) is 17.6 Å². The van der Waals surface area contributed by atoms with E-state index in [-0.39, 0.29) is 12.6 Å². The molecule has 0 unspecified atom stereocenters. The van der Waals surface area contributed by atoms with Gasteiger partial charge in [0, 0.05) is 6.54 Å². The first-order valence-corrected chi connectivity index (χ1v) is 7.18. The molecule has 114 valence electrons. The molecule has 9 heteroatoms. The van der Waals surface area contributed by atoms with Gasteiger partial charge < -0.3 is 5.32 Å². The summed E-state index contributed by atoms with van der Waals surface area (Å²) in [6, 6.07) is 1.46. The largest absolute Gasteiger partial charge is 0.417 e. The van der Waals surface area contributed by atoms with Crippen molar-refractivity contribution in [3.8, 4) is 0 Å². The molecule has 0 aliphatic rings. The van der Waals surface area contributed by atoms with Crippen molar-refractivity contribution in [2.75, 3.05) is 20.1 Å². The number of hydrogen-bond donors (Lipinski definition) is 2. The smallest absolute Gasteiger partial charge is 0.320 e. The van der Waals surface area contributed by atoms with E-state index in [4.69, 9.17) is 0 Å². The minimum absolute atomic E-state index is 0.0160. The van der Waals surface area contributed by atoms with E-state index in [0.717, 1.165) is 0 Å². The SMILES string of the molecule is CNCCCNS(=O)(=O)c1ccc(F)cc1C(F)(F)F. The minimum Gasteiger partial charge on any atom is -0.320 e. The molecule has 0 aromatic heterocycles. The molecule has 0 fully saturated rings. The van der Waals surface area contributed by atoms with Gasteiger partial charge in [0.05, 0.1) is 10.5 Å². The highest BCUT2D eigenvalue weighted by Gasteiger charge is 2.37. The zero-order valence-corrected chi connectivity index (χ0v) is 11.4. The minimum atomic E-state index is -4.95. The molecule has 1 aromatic carbocycles. The van der Waals surface area contributed by atoms with Crippen molar-refractivity contribution in [1.29, 1.82) is 0 Å². The first-order chi connectivity index (χ1) is 9.18. The second-order valence-electron chi connectivity index (χ2n) is 3.99. The predicted octanol–water partition coefficient (Wildman–Crippen LogP) is 1.73. The van der Waals surface area contributed by atoms with Gasteiger partial charge in [-0.25, -0.2) is 17.5 Å². The average molecular weight is 314 g/mol. The standard InChI is InChI=1S/C11H14F4N2O2S/c1-16-5-2-6-17-20(18,19)10-4-3-8(12)7-9(10)11(13,14)15/h3-4,7,16-17H,2,5-6H2,1H3. The van der Waals surface area contributed by atoms with E-state index in [9.17, 15) is 26.0 Å². The molecule has 0 aliphatic carbocycles. The van der Waals surface area contributed by atoms with E-state index < -0.39 is 32.5 Å². The van der Waals surface area contributed by atoms with E-state index in [1.807, 2.05) is 0 Å². The maximum atomic E-state index is 12.9. The van der Waals surface area contributed by atoms with Crippen LogP contribution in [0.2, 0.25) is 0 Å². The van der Waals surface area contributed by atoms with Crippen molar-refractivity contribution in [1.82, 2.24) is 10.0 Å². The van der Waals surface area contributed by atoms with Gasteiger partial charge in [-0.2, -0.15) is 13.2 Å². The van der Waals surface area contributed by atoms with Crippen LogP contribution in [0, 0.1) is 5.82 Å². The molecule has 0 atom stereocenters. The van der Waals surface area contributed by atoms with Crippen LogP contribution in [0.15, 0.2) is 23.1 Å². The summed E-state index contributed by atoms with van der Waals surface area (Å²) >= 11 is 0. The summed E-state index contributed by atoms with van der Waals surface area (Å²) in [5, 5.41) is 2.77. The van der Waals surface area contributed by atoms with Crippen molar-refractivity contribution in [3.05, 3.63) is 29.6 Å². The number of alkyl halides is 3. The molecule has 0 saturated carbocycles. The molecule has 0 radical (unpaired) electrons. The molecule has 0 amide bonds. The van der Waals surface area contributed by atoms with Gasteiger partial charge in [0.1, 0.15) is 5.82 Å². The van der Waals surface area contributed by atoms with E-state index in [0.29, 0.717) is 25.1 Å². The second-order valence-corrected chi connectivity index (χ2v) is 5.73. The summed E-state index contributed by atoms with van der Waals surface area (Å²) in [6.45, 7) is 0.496. The Bertz CT molecular complexity index is 558. The normalized spacial score (nSPS) is 12.7. The lowest BCUT2D eigenvalue weighted by atomic mass is 10.2. The third kappa shape index (κ3) is 4.43. The number of nitrogens with one attached hydrogen (secondary N) is 2. The molecule has 0 heterocycles. The van der Waals surface area contributed by atoms with Gasteiger partial charge in [-0.1, -0.05) is 0 Å². The fraction of sp³-hybridized carbons (Fsp3) is 0.455. The third-order valence-electron chi connectivity index (χ3n) is 2.43. The molecule has 0 aliphatic heterocycles. The number of halogens is 4. The van der Waals surface area contributed by atoms with Crippen LogP contribution in [-0.4, -0.2) is 28.6 Å². The molecule has 0 saturated heterocycles. The van der Waals surface area contributed by atoms with Gasteiger partial charge in [-0.05, 0) is 38.2 Å². The lowest BCUT2D eigenvalue weighted by molar-refractivity contribution is -0.140. The van der Waals surface area contributed by atoms with Gasteiger partial charge in [-0.3, -0.25) is 0 Å². The number of sulfonamides is 1. The fourth-order valence-corrected chi connectivity index (χ4v) is 2.79. The Morgan fingerprint density at radius 3 is 2.40 bits per heavy atom.